The van der Waals surface area contributed by atoms with Gasteiger partial charge >= 0.3 is 0 Å². The molecule has 1 atom stereocenters. The van der Waals surface area contributed by atoms with Gasteiger partial charge in [-0.1, -0.05) is 194 Å². The Balaban J connectivity index is 1.27. The van der Waals surface area contributed by atoms with Crippen molar-refractivity contribution in [3.63, 3.8) is 0 Å². The van der Waals surface area contributed by atoms with Crippen molar-refractivity contribution in [2.75, 3.05) is 0 Å². The maximum Gasteiger partial charge on any atom is 0.0828 e. The Morgan fingerprint density at radius 3 is 1.61 bits per heavy atom. The summed E-state index contributed by atoms with van der Waals surface area (Å²) in [5, 5.41) is 5.21. The van der Waals surface area contributed by atoms with Crippen LogP contribution < -0.4 is 0 Å². The number of hydrogen-bond donors (Lipinski definition) is 0. The van der Waals surface area contributed by atoms with Crippen molar-refractivity contribution in [2.45, 2.75) is 11.6 Å². The Kier molecular flexibility index (Phi) is 7.09. The van der Waals surface area contributed by atoms with Crippen LogP contribution in [0.1, 0.15) is 45.1 Å². The summed E-state index contributed by atoms with van der Waals surface area (Å²) in [5.41, 5.74) is 12.4. The molecule has 0 saturated carbocycles. The molecule has 7 aromatic carbocycles. The van der Waals surface area contributed by atoms with Gasteiger partial charge in [-0.2, -0.15) is 0 Å². The van der Waals surface area contributed by atoms with Gasteiger partial charge in [0.15, 0.2) is 0 Å². The molecule has 3 heteroatoms. The molecule has 9 rings (SSSR count). The van der Waals surface area contributed by atoms with Gasteiger partial charge in [-0.05, 0) is 61.2 Å². The first-order valence-corrected chi connectivity index (χ1v) is 16.7. The Morgan fingerprint density at radius 2 is 0.939 bits per heavy atom. The molecule has 232 valence electrons. The molecule has 2 aliphatic rings. The summed E-state index contributed by atoms with van der Waals surface area (Å²) in [6.07, 6.45) is -0.473. The van der Waals surface area contributed by atoms with Crippen molar-refractivity contribution in [1.82, 2.24) is 0 Å². The quantitative estimate of drug-likeness (QED) is 0.176. The molecular weight excluding hydrogens is 595 g/mol. The number of aliphatic imine (C=N–C) groups is 2. The van der Waals surface area contributed by atoms with E-state index in [1.54, 1.807) is 0 Å². The average molecular weight is 627 g/mol. The second-order valence-electron chi connectivity index (χ2n) is 12.5. The Labute approximate surface area is 287 Å². The van der Waals surface area contributed by atoms with E-state index in [1.807, 2.05) is 36.4 Å². The summed E-state index contributed by atoms with van der Waals surface area (Å²) in [7, 11) is 0. The molecule has 0 radical (unpaired) electrons. The largest absolute Gasteiger partial charge is 0.438 e. The molecule has 0 aromatic heterocycles. The van der Waals surface area contributed by atoms with E-state index in [9.17, 15) is 0 Å². The third-order valence-electron chi connectivity index (χ3n) is 9.78. The zero-order valence-electron chi connectivity index (χ0n) is 26.8. The first-order chi connectivity index (χ1) is 24.3. The first kappa shape index (κ1) is 28.9. The van der Waals surface area contributed by atoms with Crippen LogP contribution in [0.25, 0.3) is 27.6 Å². The van der Waals surface area contributed by atoms with E-state index in [1.165, 1.54) is 38.9 Å². The van der Waals surface area contributed by atoms with Crippen molar-refractivity contribution >= 4 is 11.7 Å². The molecule has 1 aliphatic carbocycles. The smallest absolute Gasteiger partial charge is 0.0828 e. The lowest BCUT2D eigenvalue weighted by Gasteiger charge is -2.34. The summed E-state index contributed by atoms with van der Waals surface area (Å²) in [6.45, 7) is 0. The normalized spacial score (nSPS) is 15.7. The molecular formula is C46H32N3-. The van der Waals surface area contributed by atoms with Gasteiger partial charge in [0.1, 0.15) is 0 Å². The van der Waals surface area contributed by atoms with Crippen LogP contribution in [0.2, 0.25) is 0 Å². The molecule has 1 aliphatic heterocycles. The van der Waals surface area contributed by atoms with E-state index in [-0.39, 0.29) is 0 Å². The highest BCUT2D eigenvalue weighted by molar-refractivity contribution is 6.18. The summed E-state index contributed by atoms with van der Waals surface area (Å²) in [4.78, 5) is 10.2. The first-order valence-electron chi connectivity index (χ1n) is 16.7. The average Bonchev–Trinajstić information content (AvgIpc) is 3.50. The second kappa shape index (κ2) is 12.0. The maximum absolute atomic E-state index is 5.21. The van der Waals surface area contributed by atoms with E-state index < -0.39 is 11.6 Å². The summed E-state index contributed by atoms with van der Waals surface area (Å²) in [6, 6.07) is 66.6. The second-order valence-corrected chi connectivity index (χ2v) is 12.5. The lowest BCUT2D eigenvalue weighted by atomic mass is 9.67. The van der Waals surface area contributed by atoms with E-state index in [4.69, 9.17) is 15.3 Å². The van der Waals surface area contributed by atoms with Crippen molar-refractivity contribution < 1.29 is 0 Å². The number of benzene rings is 7. The SMILES string of the molecule is c1ccc(C2=NC(c3ccccc3-c3cccc4c3-c3ccccc3C4(c3ccccc3)c3ccccc3)[N-]C(c3ccccc3)=N2)cc1. The minimum Gasteiger partial charge on any atom is -0.438 e. The van der Waals surface area contributed by atoms with E-state index >= 15 is 0 Å². The van der Waals surface area contributed by atoms with Gasteiger partial charge in [0.25, 0.3) is 0 Å². The van der Waals surface area contributed by atoms with Crippen LogP contribution in [-0.4, -0.2) is 11.7 Å². The molecule has 49 heavy (non-hydrogen) atoms. The molecule has 0 bridgehead atoms. The van der Waals surface area contributed by atoms with Gasteiger partial charge in [0, 0.05) is 0 Å². The van der Waals surface area contributed by atoms with Crippen LogP contribution in [0, 0.1) is 0 Å². The van der Waals surface area contributed by atoms with Crippen LogP contribution in [0.5, 0.6) is 0 Å². The molecule has 7 aromatic rings. The van der Waals surface area contributed by atoms with Crippen LogP contribution in [0.4, 0.5) is 0 Å². The molecule has 0 saturated heterocycles. The van der Waals surface area contributed by atoms with Gasteiger partial charge in [0.2, 0.25) is 0 Å². The van der Waals surface area contributed by atoms with Crippen molar-refractivity contribution in [3.8, 4) is 22.3 Å². The third-order valence-corrected chi connectivity index (χ3v) is 9.78. The standard InChI is InChI=1S/C46H32N3/c1-5-18-32(19-6-1)43-47-44(33-20-7-2-8-21-33)49-45(48-43)38-27-14-13-26-36(38)37-29-17-31-41-42(37)39-28-15-16-30-40(39)46(41,34-22-9-3-10-23-34)35-24-11-4-12-25-35/h1-31,45H/q-1. The van der Waals surface area contributed by atoms with Crippen molar-refractivity contribution in [3.05, 3.63) is 232 Å². The van der Waals surface area contributed by atoms with Gasteiger partial charge < -0.3 is 10.3 Å². The molecule has 0 amide bonds. The summed E-state index contributed by atoms with van der Waals surface area (Å²) in [5.74, 6) is 1.37. The molecule has 0 N–H and O–H groups in total. The molecule has 1 heterocycles. The van der Waals surface area contributed by atoms with Gasteiger partial charge in [-0.15, -0.1) is 0 Å². The molecule has 0 fully saturated rings. The van der Waals surface area contributed by atoms with E-state index in [2.05, 4.69) is 152 Å². The van der Waals surface area contributed by atoms with Crippen molar-refractivity contribution in [1.29, 1.82) is 0 Å². The number of nitrogens with zero attached hydrogens (tertiary/aromatic N) is 3. The van der Waals surface area contributed by atoms with Gasteiger partial charge in [-0.3, -0.25) is 4.99 Å². The lowest BCUT2D eigenvalue weighted by Crippen LogP contribution is -2.28. The fourth-order valence-corrected chi connectivity index (χ4v) is 7.70. The fourth-order valence-electron chi connectivity index (χ4n) is 7.70. The number of fused-ring (bicyclic) bond motifs is 3. The minimum atomic E-state index is -0.473. The van der Waals surface area contributed by atoms with Crippen LogP contribution in [-0.2, 0) is 5.41 Å². The zero-order chi connectivity index (χ0) is 32.6. The number of amidine groups is 2. The van der Waals surface area contributed by atoms with Gasteiger partial charge in [0.05, 0.1) is 17.4 Å². The highest BCUT2D eigenvalue weighted by Crippen LogP contribution is 2.58. The maximum atomic E-state index is 5.21. The van der Waals surface area contributed by atoms with E-state index in [0.29, 0.717) is 11.7 Å². The highest BCUT2D eigenvalue weighted by Gasteiger charge is 2.46. The number of rotatable bonds is 6. The van der Waals surface area contributed by atoms with Crippen molar-refractivity contribution in [2.24, 2.45) is 9.98 Å². The topological polar surface area (TPSA) is 38.8 Å². The molecule has 1 unspecified atom stereocenters. The minimum absolute atomic E-state index is 0.472. The summed E-state index contributed by atoms with van der Waals surface area (Å²) < 4.78 is 0. The monoisotopic (exact) mass is 626 g/mol. The molecule has 3 nitrogen and oxygen atoms in total. The summed E-state index contributed by atoms with van der Waals surface area (Å²) >= 11 is 0. The highest BCUT2D eigenvalue weighted by atomic mass is 15.2. The zero-order valence-corrected chi connectivity index (χ0v) is 26.8. The fraction of sp³-hybridized carbons (Fsp3) is 0.0435. The van der Waals surface area contributed by atoms with Crippen LogP contribution >= 0.6 is 0 Å². The van der Waals surface area contributed by atoms with Gasteiger partial charge in [-0.25, -0.2) is 0 Å². The Morgan fingerprint density at radius 1 is 0.429 bits per heavy atom. The Bertz CT molecular complexity index is 2300. The van der Waals surface area contributed by atoms with E-state index in [0.717, 1.165) is 22.3 Å². The van der Waals surface area contributed by atoms with Crippen LogP contribution in [0.15, 0.2) is 198 Å². The predicted octanol–water partition coefficient (Wildman–Crippen LogP) is 11.0. The third kappa shape index (κ3) is 4.74. The number of hydrogen-bond acceptors (Lipinski definition) is 2. The van der Waals surface area contributed by atoms with Crippen LogP contribution in [0.3, 0.4) is 0 Å². The Hall–Kier alpha value is -6.32. The lowest BCUT2D eigenvalue weighted by molar-refractivity contribution is 0.768. The molecule has 0 spiro atoms. The predicted molar refractivity (Wildman–Crippen MR) is 201 cm³/mol.